The Balaban J connectivity index is 1.67. The third-order valence-electron chi connectivity index (χ3n) is 4.69. The van der Waals surface area contributed by atoms with Crippen LogP contribution in [0.2, 0.25) is 0 Å². The molecule has 0 radical (unpaired) electrons. The summed E-state index contributed by atoms with van der Waals surface area (Å²) in [6, 6.07) is 9.72. The first-order chi connectivity index (χ1) is 13.1. The number of carbonyl (C=O) groups is 1. The van der Waals surface area contributed by atoms with Gasteiger partial charge in [0, 0.05) is 0 Å². The second kappa shape index (κ2) is 8.08. The van der Waals surface area contributed by atoms with E-state index in [1.165, 1.54) is 0 Å². The lowest BCUT2D eigenvalue weighted by molar-refractivity contribution is -0.233. The number of hydrogen-bond donors (Lipinski definition) is 1. The highest BCUT2D eigenvalue weighted by Gasteiger charge is 2.57. The molecule has 2 fully saturated rings. The Hall–Kier alpha value is -1.51. The maximum Gasteiger partial charge on any atom is 0.311 e. The summed E-state index contributed by atoms with van der Waals surface area (Å²) in [4.78, 5) is 12.0. The summed E-state index contributed by atoms with van der Waals surface area (Å²) in [5.41, 5.74) is 0.350. The number of carbonyl (C=O) groups excluding carboxylic acids is 1. The summed E-state index contributed by atoms with van der Waals surface area (Å²) < 4.78 is 28.9. The Morgan fingerprint density at radius 3 is 2.54 bits per heavy atom. The van der Waals surface area contributed by atoms with Crippen LogP contribution in [0.15, 0.2) is 30.3 Å². The Morgan fingerprint density at radius 2 is 1.89 bits per heavy atom. The van der Waals surface area contributed by atoms with Gasteiger partial charge in [0.1, 0.15) is 31.0 Å². The van der Waals surface area contributed by atoms with Crippen LogP contribution in [-0.2, 0) is 35.1 Å². The Kier molecular flexibility index (Phi) is 6.12. The number of ether oxygens (including phenoxy) is 5. The molecule has 156 valence electrons. The molecule has 1 aromatic carbocycles. The first-order valence-corrected chi connectivity index (χ1v) is 9.59. The Bertz CT molecular complexity index is 667. The third-order valence-corrected chi connectivity index (χ3v) is 4.69. The van der Waals surface area contributed by atoms with Crippen LogP contribution in [0.4, 0.5) is 0 Å². The summed E-state index contributed by atoms with van der Waals surface area (Å²) in [7, 11) is 0. The van der Waals surface area contributed by atoms with Crippen molar-refractivity contribution >= 4 is 5.97 Å². The number of hydrogen-bond acceptors (Lipinski definition) is 7. The second-order valence-corrected chi connectivity index (χ2v) is 8.75. The number of benzene rings is 1. The maximum atomic E-state index is 12.0. The highest BCUT2D eigenvalue weighted by molar-refractivity contribution is 5.75. The van der Waals surface area contributed by atoms with Crippen molar-refractivity contribution in [3.05, 3.63) is 35.9 Å². The number of rotatable bonds is 6. The summed E-state index contributed by atoms with van der Waals surface area (Å²) >= 11 is 0. The quantitative estimate of drug-likeness (QED) is 0.742. The van der Waals surface area contributed by atoms with Crippen molar-refractivity contribution in [2.45, 2.75) is 77.7 Å². The number of esters is 1. The Labute approximate surface area is 165 Å². The fourth-order valence-electron chi connectivity index (χ4n) is 3.24. The van der Waals surface area contributed by atoms with E-state index in [1.54, 1.807) is 34.6 Å². The van der Waals surface area contributed by atoms with Gasteiger partial charge in [-0.05, 0) is 40.2 Å². The summed E-state index contributed by atoms with van der Waals surface area (Å²) in [6.45, 7) is 9.04. The van der Waals surface area contributed by atoms with E-state index in [4.69, 9.17) is 23.7 Å². The first-order valence-electron chi connectivity index (χ1n) is 9.59. The van der Waals surface area contributed by atoms with E-state index >= 15 is 0 Å². The van der Waals surface area contributed by atoms with E-state index < -0.39 is 41.9 Å². The van der Waals surface area contributed by atoms with Crippen molar-refractivity contribution in [3.8, 4) is 0 Å². The van der Waals surface area contributed by atoms with E-state index in [1.807, 2.05) is 30.3 Å². The summed E-state index contributed by atoms with van der Waals surface area (Å²) in [5.74, 6) is -1.18. The molecule has 0 aromatic heterocycles. The van der Waals surface area contributed by atoms with Crippen LogP contribution in [0.3, 0.4) is 0 Å². The first kappa shape index (κ1) is 21.2. The molecule has 5 atom stereocenters. The van der Waals surface area contributed by atoms with E-state index in [-0.39, 0.29) is 12.6 Å². The normalized spacial score (nSPS) is 30.1. The van der Waals surface area contributed by atoms with E-state index in [2.05, 4.69) is 0 Å². The zero-order valence-electron chi connectivity index (χ0n) is 17.1. The fourth-order valence-corrected chi connectivity index (χ4v) is 3.24. The van der Waals surface area contributed by atoms with Crippen molar-refractivity contribution in [3.63, 3.8) is 0 Å². The third kappa shape index (κ3) is 4.90. The van der Waals surface area contributed by atoms with Crippen molar-refractivity contribution in [2.24, 2.45) is 5.41 Å². The van der Waals surface area contributed by atoms with Gasteiger partial charge in [-0.3, -0.25) is 4.79 Å². The minimum absolute atomic E-state index is 0.186. The van der Waals surface area contributed by atoms with Gasteiger partial charge in [-0.1, -0.05) is 30.3 Å². The van der Waals surface area contributed by atoms with Crippen molar-refractivity contribution < 1.29 is 33.6 Å². The highest BCUT2D eigenvalue weighted by atomic mass is 16.8. The van der Waals surface area contributed by atoms with Gasteiger partial charge in [0.2, 0.25) is 0 Å². The monoisotopic (exact) mass is 394 g/mol. The lowest BCUT2D eigenvalue weighted by atomic mass is 9.97. The minimum atomic E-state index is -1.06. The van der Waals surface area contributed by atoms with E-state index in [9.17, 15) is 9.90 Å². The van der Waals surface area contributed by atoms with Crippen molar-refractivity contribution in [1.82, 2.24) is 0 Å². The molecule has 0 aliphatic carbocycles. The van der Waals surface area contributed by atoms with Gasteiger partial charge < -0.3 is 28.8 Å². The van der Waals surface area contributed by atoms with Crippen LogP contribution in [0.25, 0.3) is 0 Å². The second-order valence-electron chi connectivity index (χ2n) is 8.75. The highest BCUT2D eigenvalue weighted by Crippen LogP contribution is 2.40. The van der Waals surface area contributed by atoms with Crippen LogP contribution in [-0.4, -0.2) is 54.2 Å². The molecule has 3 rings (SSSR count). The van der Waals surface area contributed by atoms with Crippen molar-refractivity contribution in [1.29, 1.82) is 0 Å². The largest absolute Gasteiger partial charge is 0.462 e. The van der Waals surface area contributed by atoms with Crippen LogP contribution in [0.1, 0.15) is 40.2 Å². The molecule has 0 bridgehead atoms. The van der Waals surface area contributed by atoms with Crippen LogP contribution < -0.4 is 0 Å². The van der Waals surface area contributed by atoms with Gasteiger partial charge in [-0.25, -0.2) is 0 Å². The van der Waals surface area contributed by atoms with Gasteiger partial charge in [0.25, 0.3) is 0 Å². The molecule has 7 nitrogen and oxygen atoms in total. The number of aliphatic hydroxyl groups excluding tert-OH is 1. The van der Waals surface area contributed by atoms with Gasteiger partial charge >= 0.3 is 5.97 Å². The van der Waals surface area contributed by atoms with Crippen molar-refractivity contribution in [2.75, 3.05) is 6.61 Å². The number of fused-ring (bicyclic) bond motifs is 1. The zero-order chi connectivity index (χ0) is 20.5. The predicted octanol–water partition coefficient (Wildman–Crippen LogP) is 2.40. The molecule has 2 aliphatic heterocycles. The standard InChI is InChI=1S/C21H30O7/c1-20(2,3)19(23)25-12-14(22)15-16(24-11-13-9-7-6-8-10-13)17-18(26-15)28-21(4,5)27-17/h6-10,14-18,22H,11-12H2,1-5H3/t14-,15-,16+,17-,18-/m1/s1. The predicted molar refractivity (Wildman–Crippen MR) is 100 cm³/mol. The molecule has 28 heavy (non-hydrogen) atoms. The molecule has 2 heterocycles. The van der Waals surface area contributed by atoms with E-state index in [0.29, 0.717) is 6.61 Å². The Morgan fingerprint density at radius 1 is 1.21 bits per heavy atom. The average Bonchev–Trinajstić information content (AvgIpc) is 3.09. The van der Waals surface area contributed by atoms with Crippen LogP contribution in [0.5, 0.6) is 0 Å². The molecule has 2 saturated heterocycles. The fraction of sp³-hybridized carbons (Fsp3) is 0.667. The lowest BCUT2D eigenvalue weighted by Crippen LogP contribution is -2.45. The number of aliphatic hydroxyl groups is 1. The molecule has 1 N–H and O–H groups in total. The summed E-state index contributed by atoms with van der Waals surface area (Å²) in [6.07, 6.45) is -3.48. The van der Waals surface area contributed by atoms with Gasteiger partial charge in [0.05, 0.1) is 12.0 Å². The van der Waals surface area contributed by atoms with Gasteiger partial charge in [0.15, 0.2) is 12.1 Å². The van der Waals surface area contributed by atoms with Gasteiger partial charge in [-0.15, -0.1) is 0 Å². The molecular formula is C21H30O7. The molecule has 0 amide bonds. The maximum absolute atomic E-state index is 12.0. The van der Waals surface area contributed by atoms with Gasteiger partial charge in [-0.2, -0.15) is 0 Å². The topological polar surface area (TPSA) is 83.5 Å². The summed E-state index contributed by atoms with van der Waals surface area (Å²) in [5, 5.41) is 10.6. The SMILES string of the molecule is CC1(C)O[C@H]2O[C@H]([C@H](O)COC(=O)C(C)(C)C)[C@H](OCc3ccccc3)[C@H]2O1. The van der Waals surface area contributed by atoms with E-state index in [0.717, 1.165) is 5.56 Å². The molecule has 7 heteroatoms. The molecule has 0 saturated carbocycles. The molecule has 0 spiro atoms. The average molecular weight is 394 g/mol. The van der Waals surface area contributed by atoms with Crippen LogP contribution >= 0.6 is 0 Å². The molecular weight excluding hydrogens is 364 g/mol. The molecule has 2 aliphatic rings. The van der Waals surface area contributed by atoms with Crippen LogP contribution in [0, 0.1) is 5.41 Å². The zero-order valence-corrected chi connectivity index (χ0v) is 17.1. The smallest absolute Gasteiger partial charge is 0.311 e. The molecule has 1 aromatic rings. The lowest BCUT2D eigenvalue weighted by Gasteiger charge is -2.29. The minimum Gasteiger partial charge on any atom is -0.462 e. The molecule has 0 unspecified atom stereocenters.